The molecule has 0 bridgehead atoms. The van der Waals surface area contributed by atoms with E-state index in [4.69, 9.17) is 4.74 Å². The normalized spacial score (nSPS) is 11.8. The molecule has 0 unspecified atom stereocenters. The van der Waals surface area contributed by atoms with Gasteiger partial charge in [-0.05, 0) is 25.3 Å². The van der Waals surface area contributed by atoms with Gasteiger partial charge in [-0.1, -0.05) is 58.8 Å². The lowest BCUT2D eigenvalue weighted by Crippen LogP contribution is -1.89. The van der Waals surface area contributed by atoms with Crippen molar-refractivity contribution < 1.29 is 4.74 Å². The quantitative estimate of drug-likeness (QED) is 0.336. The highest BCUT2D eigenvalue weighted by Crippen LogP contribution is 2.08. The second kappa shape index (κ2) is 12.6. The van der Waals surface area contributed by atoms with Gasteiger partial charge in [0.05, 0.1) is 12.9 Å². The van der Waals surface area contributed by atoms with Crippen molar-refractivity contribution in [2.24, 2.45) is 0 Å². The van der Waals surface area contributed by atoms with Gasteiger partial charge in [0.2, 0.25) is 0 Å². The molecule has 0 saturated heterocycles. The molecule has 0 aromatic rings. The third-order valence-corrected chi connectivity index (χ3v) is 2.96. The fraction of sp³-hybridized carbons (Fsp3) is 0.867. The molecule has 0 radical (unpaired) electrons. The molecule has 0 rings (SSSR count). The molecule has 0 aliphatic rings. The molecule has 0 amide bonds. The first-order chi connectivity index (χ1) is 7.81. The molecule has 0 aliphatic heterocycles. The number of rotatable bonds is 11. The average Bonchev–Trinajstić information content (AvgIpc) is 2.31. The summed E-state index contributed by atoms with van der Waals surface area (Å²) in [6.45, 7) is 7.44. The fourth-order valence-electron chi connectivity index (χ4n) is 1.60. The maximum Gasteiger partial charge on any atom is 0.0873 e. The van der Waals surface area contributed by atoms with Gasteiger partial charge in [-0.3, -0.25) is 0 Å². The van der Waals surface area contributed by atoms with E-state index in [0.717, 1.165) is 13.0 Å². The smallest absolute Gasteiger partial charge is 0.0873 e. The minimum absolute atomic E-state index is 0.895. The maximum atomic E-state index is 5.47. The number of unbranched alkanes of at least 4 members (excludes halogenated alkanes) is 7. The van der Waals surface area contributed by atoms with E-state index in [0.29, 0.717) is 0 Å². The second-order valence-corrected chi connectivity index (χ2v) is 4.66. The largest absolute Gasteiger partial charge is 0.501 e. The van der Waals surface area contributed by atoms with Crippen LogP contribution in [0.15, 0.2) is 11.8 Å². The molecular weight excluding hydrogens is 196 g/mol. The Morgan fingerprint density at radius 1 is 0.875 bits per heavy atom. The Morgan fingerprint density at radius 3 is 2.00 bits per heavy atom. The first kappa shape index (κ1) is 15.5. The molecule has 0 saturated carbocycles. The summed E-state index contributed by atoms with van der Waals surface area (Å²) in [5, 5.41) is 0. The number of hydrogen-bond acceptors (Lipinski definition) is 1. The molecule has 96 valence electrons. The fourth-order valence-corrected chi connectivity index (χ4v) is 1.60. The molecule has 1 heteroatoms. The van der Waals surface area contributed by atoms with Gasteiger partial charge in [0.15, 0.2) is 0 Å². The molecule has 0 N–H and O–H groups in total. The van der Waals surface area contributed by atoms with Crippen LogP contribution >= 0.6 is 0 Å². The van der Waals surface area contributed by atoms with Crippen LogP contribution in [0.1, 0.15) is 78.6 Å². The lowest BCUT2D eigenvalue weighted by Gasteiger charge is -2.03. The van der Waals surface area contributed by atoms with Crippen LogP contribution in [0, 0.1) is 0 Å². The zero-order valence-electron chi connectivity index (χ0n) is 11.6. The molecular formula is C15H30O. The zero-order valence-corrected chi connectivity index (χ0v) is 11.6. The van der Waals surface area contributed by atoms with Crippen molar-refractivity contribution in [3.05, 3.63) is 11.8 Å². The minimum Gasteiger partial charge on any atom is -0.501 e. The van der Waals surface area contributed by atoms with Gasteiger partial charge in [-0.15, -0.1) is 0 Å². The summed E-state index contributed by atoms with van der Waals surface area (Å²) in [6, 6.07) is 0. The Hall–Kier alpha value is -0.460. The second-order valence-electron chi connectivity index (χ2n) is 4.66. The third-order valence-electron chi connectivity index (χ3n) is 2.96. The van der Waals surface area contributed by atoms with Crippen molar-refractivity contribution in [3.8, 4) is 0 Å². The van der Waals surface area contributed by atoms with Crippen LogP contribution in [-0.2, 0) is 4.74 Å². The molecule has 0 fully saturated rings. The zero-order chi connectivity index (χ0) is 12.1. The van der Waals surface area contributed by atoms with Crippen LogP contribution in [0.2, 0.25) is 0 Å². The first-order valence-electron chi connectivity index (χ1n) is 7.08. The molecule has 1 nitrogen and oxygen atoms in total. The van der Waals surface area contributed by atoms with Crippen LogP contribution in [-0.4, -0.2) is 6.61 Å². The van der Waals surface area contributed by atoms with Crippen molar-refractivity contribution >= 4 is 0 Å². The Balaban J connectivity index is 3.04. The maximum absolute atomic E-state index is 5.47. The summed E-state index contributed by atoms with van der Waals surface area (Å²) >= 11 is 0. The van der Waals surface area contributed by atoms with E-state index in [2.05, 4.69) is 20.8 Å². The van der Waals surface area contributed by atoms with Crippen molar-refractivity contribution in [2.45, 2.75) is 78.6 Å². The van der Waals surface area contributed by atoms with Crippen LogP contribution < -0.4 is 0 Å². The van der Waals surface area contributed by atoms with Gasteiger partial charge in [-0.25, -0.2) is 0 Å². The summed E-state index contributed by atoms with van der Waals surface area (Å²) < 4.78 is 5.47. The van der Waals surface area contributed by atoms with E-state index >= 15 is 0 Å². The van der Waals surface area contributed by atoms with Gasteiger partial charge >= 0.3 is 0 Å². The highest BCUT2D eigenvalue weighted by molar-refractivity contribution is 4.90. The number of allylic oxidation sites excluding steroid dienone is 1. The van der Waals surface area contributed by atoms with E-state index in [-0.39, 0.29) is 0 Å². The Bertz CT molecular complexity index is 161. The van der Waals surface area contributed by atoms with Gasteiger partial charge in [0.25, 0.3) is 0 Å². The summed E-state index contributed by atoms with van der Waals surface area (Å²) in [6.07, 6.45) is 13.9. The van der Waals surface area contributed by atoms with Crippen LogP contribution in [0.4, 0.5) is 0 Å². The van der Waals surface area contributed by atoms with Crippen LogP contribution in [0.25, 0.3) is 0 Å². The summed E-state index contributed by atoms with van der Waals surface area (Å²) in [5.74, 6) is 0. The molecule has 0 spiro atoms. The Labute approximate surface area is 102 Å². The van der Waals surface area contributed by atoms with Crippen LogP contribution in [0.3, 0.4) is 0 Å². The van der Waals surface area contributed by atoms with Gasteiger partial charge in [0, 0.05) is 0 Å². The molecule has 16 heavy (non-hydrogen) atoms. The van der Waals surface area contributed by atoms with Gasteiger partial charge in [0.1, 0.15) is 0 Å². The first-order valence-corrected chi connectivity index (χ1v) is 7.08. The van der Waals surface area contributed by atoms with E-state index in [1.165, 1.54) is 56.9 Å². The standard InChI is InChI=1S/C15H30O/c1-4-6-7-8-9-10-11-12-13-16-14-15(3)5-2/h14H,4-13H2,1-3H3/b15-14+. The van der Waals surface area contributed by atoms with Crippen molar-refractivity contribution in [2.75, 3.05) is 6.61 Å². The molecule has 0 heterocycles. The lowest BCUT2D eigenvalue weighted by atomic mass is 10.1. The number of hydrogen-bond donors (Lipinski definition) is 0. The molecule has 0 aliphatic carbocycles. The van der Waals surface area contributed by atoms with E-state index < -0.39 is 0 Å². The average molecular weight is 226 g/mol. The minimum atomic E-state index is 0.895. The summed E-state index contributed by atoms with van der Waals surface area (Å²) in [7, 11) is 0. The van der Waals surface area contributed by atoms with Gasteiger partial charge < -0.3 is 4.74 Å². The predicted molar refractivity (Wildman–Crippen MR) is 72.6 cm³/mol. The Morgan fingerprint density at radius 2 is 1.44 bits per heavy atom. The van der Waals surface area contributed by atoms with Gasteiger partial charge in [-0.2, -0.15) is 0 Å². The van der Waals surface area contributed by atoms with Crippen molar-refractivity contribution in [1.29, 1.82) is 0 Å². The molecule has 0 atom stereocenters. The van der Waals surface area contributed by atoms with Crippen molar-refractivity contribution in [3.63, 3.8) is 0 Å². The highest BCUT2D eigenvalue weighted by atomic mass is 16.5. The topological polar surface area (TPSA) is 9.23 Å². The SMILES string of the molecule is CCCCCCCCCCO/C=C(\C)CC. The van der Waals surface area contributed by atoms with E-state index in [1.807, 2.05) is 6.26 Å². The lowest BCUT2D eigenvalue weighted by molar-refractivity contribution is 0.237. The van der Waals surface area contributed by atoms with E-state index in [9.17, 15) is 0 Å². The molecule has 0 aromatic carbocycles. The Kier molecular flexibility index (Phi) is 12.2. The number of ether oxygens (including phenoxy) is 1. The predicted octanol–water partition coefficient (Wildman–Crippen LogP) is 5.46. The highest BCUT2D eigenvalue weighted by Gasteiger charge is 1.91. The van der Waals surface area contributed by atoms with E-state index in [1.54, 1.807) is 0 Å². The summed E-state index contributed by atoms with van der Waals surface area (Å²) in [4.78, 5) is 0. The van der Waals surface area contributed by atoms with Crippen LogP contribution in [0.5, 0.6) is 0 Å². The third kappa shape index (κ3) is 11.6. The monoisotopic (exact) mass is 226 g/mol. The van der Waals surface area contributed by atoms with Crippen molar-refractivity contribution in [1.82, 2.24) is 0 Å². The molecule has 0 aromatic heterocycles. The summed E-state index contributed by atoms with van der Waals surface area (Å²) in [5.41, 5.74) is 1.33.